The first-order chi connectivity index (χ1) is 9.53. The van der Waals surface area contributed by atoms with E-state index >= 15 is 0 Å². The summed E-state index contributed by atoms with van der Waals surface area (Å²) in [5.41, 5.74) is 3.58. The van der Waals surface area contributed by atoms with E-state index in [2.05, 4.69) is 35.3 Å². The Bertz CT molecular complexity index is 470. The molecule has 1 aromatic rings. The average molecular weight is 274 g/mol. The molecule has 1 aliphatic heterocycles. The molecular formula is C17H26N2O. The number of nitrogens with one attached hydrogen (secondary N) is 1. The van der Waals surface area contributed by atoms with E-state index < -0.39 is 5.60 Å². The second-order valence-electron chi connectivity index (χ2n) is 6.76. The first-order valence-electron chi connectivity index (χ1n) is 7.84. The van der Waals surface area contributed by atoms with Crippen LogP contribution in [0.25, 0.3) is 0 Å². The normalized spacial score (nSPS) is 22.1. The molecule has 1 aliphatic carbocycles. The zero-order chi connectivity index (χ0) is 14.2. The van der Waals surface area contributed by atoms with Gasteiger partial charge in [0.2, 0.25) is 0 Å². The molecule has 2 N–H and O–H groups in total. The Morgan fingerprint density at radius 2 is 2.00 bits per heavy atom. The van der Waals surface area contributed by atoms with Gasteiger partial charge in [0, 0.05) is 31.4 Å². The van der Waals surface area contributed by atoms with E-state index in [0.717, 1.165) is 38.5 Å². The molecule has 0 radical (unpaired) electrons. The molecule has 1 aromatic carbocycles. The number of nitrogens with zero attached hydrogens (tertiary/aromatic N) is 1. The van der Waals surface area contributed by atoms with Crippen LogP contribution < -0.4 is 10.2 Å². The molecule has 2 aliphatic rings. The van der Waals surface area contributed by atoms with Gasteiger partial charge in [-0.25, -0.2) is 0 Å². The van der Waals surface area contributed by atoms with E-state index in [9.17, 15) is 5.11 Å². The Morgan fingerprint density at radius 3 is 2.60 bits per heavy atom. The second kappa shape index (κ2) is 5.38. The van der Waals surface area contributed by atoms with Gasteiger partial charge in [-0.05, 0) is 56.7 Å². The maximum atomic E-state index is 10.0. The Morgan fingerprint density at radius 1 is 1.30 bits per heavy atom. The van der Waals surface area contributed by atoms with Crippen LogP contribution in [-0.2, 0) is 6.54 Å². The summed E-state index contributed by atoms with van der Waals surface area (Å²) in [6.45, 7) is 7.04. The van der Waals surface area contributed by atoms with Crippen LogP contribution in [-0.4, -0.2) is 29.8 Å². The molecule has 0 bridgehead atoms. The minimum Gasteiger partial charge on any atom is -0.390 e. The van der Waals surface area contributed by atoms with Crippen molar-refractivity contribution in [1.82, 2.24) is 5.32 Å². The van der Waals surface area contributed by atoms with Crippen molar-refractivity contribution in [3.05, 3.63) is 29.3 Å². The Hall–Kier alpha value is -1.06. The highest BCUT2D eigenvalue weighted by molar-refractivity contribution is 5.55. The molecule has 0 spiro atoms. The van der Waals surface area contributed by atoms with Gasteiger partial charge in [-0.3, -0.25) is 0 Å². The maximum Gasteiger partial charge on any atom is 0.0653 e. The highest BCUT2D eigenvalue weighted by Gasteiger charge is 2.27. The number of rotatable bonds is 4. The number of aryl methyl sites for hydroxylation is 1. The van der Waals surface area contributed by atoms with E-state index in [4.69, 9.17) is 0 Å². The number of anilines is 1. The van der Waals surface area contributed by atoms with Gasteiger partial charge < -0.3 is 15.3 Å². The van der Waals surface area contributed by atoms with Gasteiger partial charge in [-0.2, -0.15) is 0 Å². The lowest BCUT2D eigenvalue weighted by atomic mass is 9.93. The molecule has 0 unspecified atom stereocenters. The third-order valence-electron chi connectivity index (χ3n) is 4.61. The van der Waals surface area contributed by atoms with Crippen molar-refractivity contribution in [2.45, 2.75) is 57.7 Å². The topological polar surface area (TPSA) is 35.5 Å². The predicted octanol–water partition coefficient (Wildman–Crippen LogP) is 2.60. The molecule has 20 heavy (non-hydrogen) atoms. The summed E-state index contributed by atoms with van der Waals surface area (Å²) in [4.78, 5) is 2.41. The Balaban J connectivity index is 1.64. The van der Waals surface area contributed by atoms with Gasteiger partial charge in [0.1, 0.15) is 0 Å². The first kappa shape index (κ1) is 13.9. The Kier molecular flexibility index (Phi) is 3.74. The van der Waals surface area contributed by atoms with Crippen molar-refractivity contribution in [3.8, 4) is 0 Å². The van der Waals surface area contributed by atoms with Gasteiger partial charge in [-0.15, -0.1) is 0 Å². The van der Waals surface area contributed by atoms with Gasteiger partial charge in [0.25, 0.3) is 0 Å². The lowest BCUT2D eigenvalue weighted by Gasteiger charge is -2.37. The molecule has 0 atom stereocenters. The minimum atomic E-state index is -0.474. The van der Waals surface area contributed by atoms with Crippen molar-refractivity contribution >= 4 is 5.69 Å². The Labute approximate surface area is 122 Å². The number of aliphatic hydroxyl groups is 1. The smallest absolute Gasteiger partial charge is 0.0653 e. The number of hydrogen-bond donors (Lipinski definition) is 2. The molecule has 2 fully saturated rings. The second-order valence-corrected chi connectivity index (χ2v) is 6.76. The molecular weight excluding hydrogens is 248 g/mol. The van der Waals surface area contributed by atoms with Crippen molar-refractivity contribution in [2.75, 3.05) is 18.0 Å². The third-order valence-corrected chi connectivity index (χ3v) is 4.61. The highest BCUT2D eigenvalue weighted by atomic mass is 16.3. The van der Waals surface area contributed by atoms with Crippen LogP contribution in [0.4, 0.5) is 5.69 Å². The van der Waals surface area contributed by atoms with Crippen LogP contribution in [0, 0.1) is 6.92 Å². The van der Waals surface area contributed by atoms with Crippen LogP contribution in [0.5, 0.6) is 0 Å². The van der Waals surface area contributed by atoms with Gasteiger partial charge in [0.05, 0.1) is 5.60 Å². The fourth-order valence-corrected chi connectivity index (χ4v) is 2.96. The summed E-state index contributed by atoms with van der Waals surface area (Å²) in [5.74, 6) is 0. The van der Waals surface area contributed by atoms with Crippen LogP contribution in [0.2, 0.25) is 0 Å². The van der Waals surface area contributed by atoms with Crippen molar-refractivity contribution in [2.24, 2.45) is 0 Å². The number of hydrogen-bond acceptors (Lipinski definition) is 3. The van der Waals surface area contributed by atoms with E-state index in [1.54, 1.807) is 0 Å². The molecule has 0 aromatic heterocycles. The van der Waals surface area contributed by atoms with E-state index in [1.165, 1.54) is 29.7 Å². The fourth-order valence-electron chi connectivity index (χ4n) is 2.96. The SMILES string of the molecule is Cc1cc(CNC2CC2)ccc1N1CCC(C)(O)CC1. The van der Waals surface area contributed by atoms with Gasteiger partial charge in [-0.1, -0.05) is 12.1 Å². The van der Waals surface area contributed by atoms with Gasteiger partial charge in [0.15, 0.2) is 0 Å². The monoisotopic (exact) mass is 274 g/mol. The maximum absolute atomic E-state index is 10.0. The molecule has 1 heterocycles. The number of piperidine rings is 1. The van der Waals surface area contributed by atoms with Gasteiger partial charge >= 0.3 is 0 Å². The molecule has 110 valence electrons. The zero-order valence-electron chi connectivity index (χ0n) is 12.7. The predicted molar refractivity (Wildman–Crippen MR) is 83.1 cm³/mol. The molecule has 0 amide bonds. The molecule has 3 heteroatoms. The molecule has 3 rings (SSSR count). The van der Waals surface area contributed by atoms with E-state index in [-0.39, 0.29) is 0 Å². The van der Waals surface area contributed by atoms with Crippen molar-refractivity contribution in [3.63, 3.8) is 0 Å². The molecule has 1 saturated heterocycles. The largest absolute Gasteiger partial charge is 0.390 e. The third kappa shape index (κ3) is 3.33. The molecule has 3 nitrogen and oxygen atoms in total. The minimum absolute atomic E-state index is 0.474. The average Bonchev–Trinajstić information content (AvgIpc) is 3.21. The van der Waals surface area contributed by atoms with Crippen LogP contribution in [0.1, 0.15) is 43.7 Å². The summed E-state index contributed by atoms with van der Waals surface area (Å²) < 4.78 is 0. The standard InChI is InChI=1S/C17H26N2O/c1-13-11-14(12-18-15-4-5-15)3-6-16(13)19-9-7-17(2,20)8-10-19/h3,6,11,15,18,20H,4-5,7-10,12H2,1-2H3. The zero-order valence-corrected chi connectivity index (χ0v) is 12.7. The summed E-state index contributed by atoms with van der Waals surface area (Å²) in [6.07, 6.45) is 4.39. The summed E-state index contributed by atoms with van der Waals surface area (Å²) in [6, 6.07) is 7.56. The van der Waals surface area contributed by atoms with E-state index in [0.29, 0.717) is 0 Å². The van der Waals surface area contributed by atoms with Crippen LogP contribution >= 0.6 is 0 Å². The molecule has 1 saturated carbocycles. The lowest BCUT2D eigenvalue weighted by molar-refractivity contribution is 0.0351. The van der Waals surface area contributed by atoms with Crippen LogP contribution in [0.3, 0.4) is 0 Å². The fraction of sp³-hybridized carbons (Fsp3) is 0.647. The summed E-state index contributed by atoms with van der Waals surface area (Å²) >= 11 is 0. The van der Waals surface area contributed by atoms with Crippen molar-refractivity contribution < 1.29 is 5.11 Å². The number of benzene rings is 1. The van der Waals surface area contributed by atoms with Crippen molar-refractivity contribution in [1.29, 1.82) is 0 Å². The first-order valence-corrected chi connectivity index (χ1v) is 7.84. The highest BCUT2D eigenvalue weighted by Crippen LogP contribution is 2.28. The summed E-state index contributed by atoms with van der Waals surface area (Å²) in [5, 5.41) is 13.6. The summed E-state index contributed by atoms with van der Waals surface area (Å²) in [7, 11) is 0. The quantitative estimate of drug-likeness (QED) is 0.886. The lowest BCUT2D eigenvalue weighted by Crippen LogP contribution is -2.42. The van der Waals surface area contributed by atoms with E-state index in [1.807, 2.05) is 6.92 Å². The van der Waals surface area contributed by atoms with Crippen LogP contribution in [0.15, 0.2) is 18.2 Å².